The zero-order valence-electron chi connectivity index (χ0n) is 11.6. The summed E-state index contributed by atoms with van der Waals surface area (Å²) >= 11 is 7.45. The molecule has 0 radical (unpaired) electrons. The first-order valence-electron chi connectivity index (χ1n) is 6.48. The summed E-state index contributed by atoms with van der Waals surface area (Å²) in [7, 11) is 0. The summed E-state index contributed by atoms with van der Waals surface area (Å²) in [5, 5.41) is 4.58. The zero-order chi connectivity index (χ0) is 14.5. The fraction of sp³-hybridized carbons (Fsp3) is 0.333. The number of carbonyl (C=O) groups excluding carboxylic acids is 1. The molecule has 5 heteroatoms. The van der Waals surface area contributed by atoms with E-state index >= 15 is 0 Å². The van der Waals surface area contributed by atoms with Gasteiger partial charge < -0.3 is 5.32 Å². The van der Waals surface area contributed by atoms with Crippen molar-refractivity contribution < 1.29 is 4.79 Å². The Hall–Kier alpha value is -1.39. The Morgan fingerprint density at radius 3 is 2.60 bits per heavy atom. The van der Waals surface area contributed by atoms with Crippen molar-refractivity contribution in [2.45, 2.75) is 33.2 Å². The maximum absolute atomic E-state index is 11.8. The van der Waals surface area contributed by atoms with Gasteiger partial charge in [0.25, 0.3) is 0 Å². The maximum Gasteiger partial charge on any atom is 0.220 e. The van der Waals surface area contributed by atoms with E-state index in [1.54, 1.807) is 11.3 Å². The number of carbonyl (C=O) groups is 1. The van der Waals surface area contributed by atoms with Crippen LogP contribution in [0.15, 0.2) is 24.3 Å². The van der Waals surface area contributed by atoms with Crippen LogP contribution in [0.25, 0.3) is 0 Å². The number of hydrogen-bond donors (Lipinski definition) is 1. The summed E-state index contributed by atoms with van der Waals surface area (Å²) in [4.78, 5) is 17.4. The predicted octanol–water partition coefficient (Wildman–Crippen LogP) is 3.66. The Morgan fingerprint density at radius 2 is 2.00 bits per heavy atom. The topological polar surface area (TPSA) is 42.0 Å². The van der Waals surface area contributed by atoms with Crippen molar-refractivity contribution in [3.05, 3.63) is 50.4 Å². The van der Waals surface area contributed by atoms with Crippen molar-refractivity contribution in [3.63, 3.8) is 0 Å². The van der Waals surface area contributed by atoms with Crippen molar-refractivity contribution >= 4 is 28.8 Å². The summed E-state index contributed by atoms with van der Waals surface area (Å²) in [6.07, 6.45) is 1.20. The molecular weight excluding hydrogens is 292 g/mol. The highest BCUT2D eigenvalue weighted by atomic mass is 35.5. The molecule has 1 aromatic heterocycles. The lowest BCUT2D eigenvalue weighted by atomic mass is 10.1. The summed E-state index contributed by atoms with van der Waals surface area (Å²) in [6.45, 7) is 4.54. The molecule has 0 saturated heterocycles. The van der Waals surface area contributed by atoms with Gasteiger partial charge in [0.2, 0.25) is 5.91 Å². The van der Waals surface area contributed by atoms with Crippen molar-refractivity contribution in [1.82, 2.24) is 10.3 Å². The van der Waals surface area contributed by atoms with Crippen LogP contribution >= 0.6 is 22.9 Å². The van der Waals surface area contributed by atoms with Gasteiger partial charge in [0.05, 0.1) is 12.2 Å². The SMILES string of the molecule is Cc1nc(CNC(=O)CCc2ccc(Cl)cc2)sc1C. The lowest BCUT2D eigenvalue weighted by Crippen LogP contribution is -2.22. The van der Waals surface area contributed by atoms with Crippen LogP contribution in [-0.4, -0.2) is 10.9 Å². The lowest BCUT2D eigenvalue weighted by molar-refractivity contribution is -0.121. The number of nitrogens with zero attached hydrogens (tertiary/aromatic N) is 1. The maximum atomic E-state index is 11.8. The third kappa shape index (κ3) is 4.32. The number of thiazole rings is 1. The predicted molar refractivity (Wildman–Crippen MR) is 83.2 cm³/mol. The molecule has 2 aromatic rings. The molecule has 106 valence electrons. The molecule has 0 aliphatic rings. The van der Waals surface area contributed by atoms with E-state index in [0.29, 0.717) is 18.0 Å². The molecule has 0 bridgehead atoms. The van der Waals surface area contributed by atoms with Gasteiger partial charge in [0, 0.05) is 16.3 Å². The molecule has 0 aliphatic carbocycles. The molecule has 0 aliphatic heterocycles. The molecule has 20 heavy (non-hydrogen) atoms. The lowest BCUT2D eigenvalue weighted by Gasteiger charge is -2.03. The first kappa shape index (κ1) is 15.0. The van der Waals surface area contributed by atoms with Crippen molar-refractivity contribution in [1.29, 1.82) is 0 Å². The second kappa shape index (κ2) is 6.86. The number of nitrogens with one attached hydrogen (secondary N) is 1. The first-order valence-corrected chi connectivity index (χ1v) is 7.68. The molecule has 0 fully saturated rings. The quantitative estimate of drug-likeness (QED) is 0.916. The number of amides is 1. The number of benzene rings is 1. The monoisotopic (exact) mass is 308 g/mol. The van der Waals surface area contributed by atoms with Gasteiger partial charge in [-0.2, -0.15) is 0 Å². The van der Waals surface area contributed by atoms with Crippen LogP contribution < -0.4 is 5.32 Å². The minimum atomic E-state index is 0.0467. The standard InChI is InChI=1S/C15H17ClN2OS/c1-10-11(2)20-15(18-10)9-17-14(19)8-5-12-3-6-13(16)7-4-12/h3-4,6-7H,5,8-9H2,1-2H3,(H,17,19). The molecule has 0 unspecified atom stereocenters. The highest BCUT2D eigenvalue weighted by molar-refractivity contribution is 7.11. The first-order chi connectivity index (χ1) is 9.54. The van der Waals surface area contributed by atoms with Gasteiger partial charge in [0.1, 0.15) is 5.01 Å². The zero-order valence-corrected chi connectivity index (χ0v) is 13.1. The van der Waals surface area contributed by atoms with Gasteiger partial charge in [0.15, 0.2) is 0 Å². The Bertz CT molecular complexity index is 573. The Kier molecular flexibility index (Phi) is 5.15. The molecule has 1 heterocycles. The number of aryl methyl sites for hydroxylation is 3. The van der Waals surface area contributed by atoms with Gasteiger partial charge in [-0.05, 0) is 38.0 Å². The second-order valence-corrected chi connectivity index (χ2v) is 6.38. The minimum absolute atomic E-state index is 0.0467. The summed E-state index contributed by atoms with van der Waals surface area (Å²) in [5.74, 6) is 0.0467. The van der Waals surface area contributed by atoms with Crippen molar-refractivity contribution in [3.8, 4) is 0 Å². The Morgan fingerprint density at radius 1 is 1.30 bits per heavy atom. The molecule has 3 nitrogen and oxygen atoms in total. The van der Waals surface area contributed by atoms with Gasteiger partial charge in [-0.1, -0.05) is 23.7 Å². The van der Waals surface area contributed by atoms with Gasteiger partial charge in [-0.15, -0.1) is 11.3 Å². The van der Waals surface area contributed by atoms with Crippen LogP contribution in [0.1, 0.15) is 27.6 Å². The molecule has 1 aromatic carbocycles. The summed E-state index contributed by atoms with van der Waals surface area (Å²) < 4.78 is 0. The van der Waals surface area contributed by atoms with E-state index in [9.17, 15) is 4.79 Å². The molecule has 0 atom stereocenters. The molecule has 0 saturated carbocycles. The minimum Gasteiger partial charge on any atom is -0.350 e. The fourth-order valence-corrected chi connectivity index (χ4v) is 2.79. The normalized spacial score (nSPS) is 10.6. The number of rotatable bonds is 5. The van der Waals surface area contributed by atoms with Crippen LogP contribution in [0.4, 0.5) is 0 Å². The Balaban J connectivity index is 1.76. The largest absolute Gasteiger partial charge is 0.350 e. The van der Waals surface area contributed by atoms with Crippen molar-refractivity contribution in [2.75, 3.05) is 0 Å². The van der Waals surface area contributed by atoms with Crippen LogP contribution in [0.5, 0.6) is 0 Å². The average molecular weight is 309 g/mol. The van der Waals surface area contributed by atoms with Crippen molar-refractivity contribution in [2.24, 2.45) is 0 Å². The van der Waals surface area contributed by atoms with Gasteiger partial charge in [-0.25, -0.2) is 4.98 Å². The molecule has 1 amide bonds. The van der Waals surface area contributed by atoms with E-state index in [4.69, 9.17) is 11.6 Å². The van der Waals surface area contributed by atoms with Crippen LogP contribution in [-0.2, 0) is 17.8 Å². The summed E-state index contributed by atoms with van der Waals surface area (Å²) in [6, 6.07) is 7.58. The summed E-state index contributed by atoms with van der Waals surface area (Å²) in [5.41, 5.74) is 2.16. The number of aromatic nitrogens is 1. The van der Waals surface area contributed by atoms with Crippen LogP contribution in [0, 0.1) is 13.8 Å². The van der Waals surface area contributed by atoms with Crippen LogP contribution in [0.3, 0.4) is 0 Å². The molecule has 2 rings (SSSR count). The fourth-order valence-electron chi connectivity index (χ4n) is 1.79. The van der Waals surface area contributed by atoms with E-state index in [1.807, 2.05) is 38.1 Å². The van der Waals surface area contributed by atoms with E-state index in [0.717, 1.165) is 22.7 Å². The third-order valence-electron chi connectivity index (χ3n) is 3.06. The average Bonchev–Trinajstić information content (AvgIpc) is 2.75. The van der Waals surface area contributed by atoms with Gasteiger partial charge in [-0.3, -0.25) is 4.79 Å². The van der Waals surface area contributed by atoms with Gasteiger partial charge >= 0.3 is 0 Å². The van der Waals surface area contributed by atoms with E-state index < -0.39 is 0 Å². The Labute approximate surface area is 128 Å². The third-order valence-corrected chi connectivity index (χ3v) is 4.39. The van der Waals surface area contributed by atoms with E-state index in [-0.39, 0.29) is 5.91 Å². The molecular formula is C15H17ClN2OS. The number of hydrogen-bond acceptors (Lipinski definition) is 3. The highest BCUT2D eigenvalue weighted by Gasteiger charge is 2.06. The van der Waals surface area contributed by atoms with E-state index in [1.165, 1.54) is 4.88 Å². The second-order valence-electron chi connectivity index (χ2n) is 4.65. The van der Waals surface area contributed by atoms with Crippen LogP contribution in [0.2, 0.25) is 5.02 Å². The molecule has 1 N–H and O–H groups in total. The highest BCUT2D eigenvalue weighted by Crippen LogP contribution is 2.16. The van der Waals surface area contributed by atoms with E-state index in [2.05, 4.69) is 10.3 Å². The number of halogens is 1. The smallest absolute Gasteiger partial charge is 0.220 e. The molecule has 0 spiro atoms.